The van der Waals surface area contributed by atoms with E-state index in [9.17, 15) is 9.18 Å². The van der Waals surface area contributed by atoms with Crippen LogP contribution in [0.5, 0.6) is 0 Å². The van der Waals surface area contributed by atoms with Crippen molar-refractivity contribution in [3.63, 3.8) is 0 Å². The lowest BCUT2D eigenvalue weighted by Crippen LogP contribution is -2.19. The molecule has 4 nitrogen and oxygen atoms in total. The van der Waals surface area contributed by atoms with Crippen molar-refractivity contribution in [2.45, 2.75) is 19.5 Å². The molecule has 0 spiro atoms. The van der Waals surface area contributed by atoms with Gasteiger partial charge in [0.05, 0.1) is 5.69 Å². The fraction of sp³-hybridized carbons (Fsp3) is 0.200. The van der Waals surface area contributed by atoms with Gasteiger partial charge in [-0.3, -0.25) is 0 Å². The molecule has 2 aromatic rings. The predicted molar refractivity (Wildman–Crippen MR) is 72.9 cm³/mol. The van der Waals surface area contributed by atoms with Crippen LogP contribution >= 0.6 is 0 Å². The summed E-state index contributed by atoms with van der Waals surface area (Å²) in [4.78, 5) is 14.9. The van der Waals surface area contributed by atoms with Gasteiger partial charge in [0.15, 0.2) is 0 Å². The molecule has 0 aliphatic carbocycles. The van der Waals surface area contributed by atoms with E-state index in [0.29, 0.717) is 12.2 Å². The second kappa shape index (κ2) is 6.25. The maximum Gasteiger partial charge on any atom is 0.354 e. The zero-order valence-electron chi connectivity index (χ0n) is 11.0. The van der Waals surface area contributed by atoms with E-state index in [4.69, 9.17) is 5.11 Å². The molecule has 1 aromatic carbocycles. The van der Waals surface area contributed by atoms with E-state index in [1.165, 1.54) is 18.2 Å². The Morgan fingerprint density at radius 2 is 2.00 bits per heavy atom. The number of carboxylic acid groups (broad SMARTS) is 1. The van der Waals surface area contributed by atoms with Crippen LogP contribution in [0.3, 0.4) is 0 Å². The van der Waals surface area contributed by atoms with Gasteiger partial charge in [-0.1, -0.05) is 18.2 Å². The van der Waals surface area contributed by atoms with Gasteiger partial charge in [0.1, 0.15) is 11.5 Å². The van der Waals surface area contributed by atoms with Crippen molar-refractivity contribution < 1.29 is 14.3 Å². The van der Waals surface area contributed by atoms with E-state index in [2.05, 4.69) is 10.3 Å². The average Bonchev–Trinajstić information content (AvgIpc) is 2.46. The zero-order valence-corrected chi connectivity index (χ0v) is 11.0. The van der Waals surface area contributed by atoms with Crippen molar-refractivity contribution in [2.24, 2.45) is 0 Å². The molecule has 0 unspecified atom stereocenters. The molecule has 2 rings (SSSR count). The van der Waals surface area contributed by atoms with E-state index in [-0.39, 0.29) is 17.6 Å². The van der Waals surface area contributed by atoms with Gasteiger partial charge in [-0.05, 0) is 36.8 Å². The summed E-state index contributed by atoms with van der Waals surface area (Å²) in [6.07, 6.45) is 0. The summed E-state index contributed by atoms with van der Waals surface area (Å²) in [5.74, 6) is -1.31. The van der Waals surface area contributed by atoms with Gasteiger partial charge in [-0.25, -0.2) is 14.2 Å². The minimum Gasteiger partial charge on any atom is -0.477 e. The Labute approximate surface area is 116 Å². The third-order valence-corrected chi connectivity index (χ3v) is 2.99. The second-order valence-electron chi connectivity index (χ2n) is 4.47. The Balaban J connectivity index is 1.99. The SMILES string of the molecule is C[C@@H](NCc1cccc(C(=O)O)n1)c1ccc(F)cc1. The van der Waals surface area contributed by atoms with Crippen molar-refractivity contribution in [3.05, 3.63) is 65.2 Å². The molecule has 0 fully saturated rings. The predicted octanol–water partition coefficient (Wildman–Crippen LogP) is 2.77. The van der Waals surface area contributed by atoms with Crippen LogP contribution in [0.2, 0.25) is 0 Å². The molecule has 104 valence electrons. The molecular formula is C15H15FN2O2. The normalized spacial score (nSPS) is 12.1. The number of carboxylic acids is 1. The van der Waals surface area contributed by atoms with E-state index in [0.717, 1.165) is 5.56 Å². The van der Waals surface area contributed by atoms with Crippen LogP contribution in [0.25, 0.3) is 0 Å². The molecule has 0 bridgehead atoms. The molecule has 1 atom stereocenters. The number of hydrogen-bond donors (Lipinski definition) is 2. The van der Waals surface area contributed by atoms with E-state index < -0.39 is 5.97 Å². The number of halogens is 1. The van der Waals surface area contributed by atoms with Crippen molar-refractivity contribution in [3.8, 4) is 0 Å². The Kier molecular flexibility index (Phi) is 4.42. The molecule has 0 radical (unpaired) electrons. The first-order valence-electron chi connectivity index (χ1n) is 6.24. The molecule has 0 aliphatic rings. The van der Waals surface area contributed by atoms with Crippen molar-refractivity contribution in [1.29, 1.82) is 0 Å². The summed E-state index contributed by atoms with van der Waals surface area (Å²) in [6, 6.07) is 11.2. The topological polar surface area (TPSA) is 62.2 Å². The first-order chi connectivity index (χ1) is 9.56. The standard InChI is InChI=1S/C15H15FN2O2/c1-10(11-5-7-12(16)8-6-11)17-9-13-3-2-4-14(18-13)15(19)20/h2-8,10,17H,9H2,1H3,(H,19,20)/t10-/m1/s1. The van der Waals surface area contributed by atoms with Crippen LogP contribution in [-0.2, 0) is 6.54 Å². The van der Waals surface area contributed by atoms with Crippen LogP contribution in [0.15, 0.2) is 42.5 Å². The quantitative estimate of drug-likeness (QED) is 0.880. The monoisotopic (exact) mass is 274 g/mol. The molecule has 1 aromatic heterocycles. The third kappa shape index (κ3) is 3.61. The molecule has 0 saturated heterocycles. The highest BCUT2D eigenvalue weighted by Gasteiger charge is 2.08. The second-order valence-corrected chi connectivity index (χ2v) is 4.47. The minimum absolute atomic E-state index is 0.0193. The minimum atomic E-state index is -1.04. The number of pyridine rings is 1. The van der Waals surface area contributed by atoms with E-state index in [1.807, 2.05) is 6.92 Å². The summed E-state index contributed by atoms with van der Waals surface area (Å²) in [7, 11) is 0. The first kappa shape index (κ1) is 14.1. The number of hydrogen-bond acceptors (Lipinski definition) is 3. The van der Waals surface area contributed by atoms with Gasteiger partial charge >= 0.3 is 5.97 Å². The van der Waals surface area contributed by atoms with Gasteiger partial charge in [-0.15, -0.1) is 0 Å². The Hall–Kier alpha value is -2.27. The van der Waals surface area contributed by atoms with Crippen LogP contribution in [0, 0.1) is 5.82 Å². The number of aromatic nitrogens is 1. The smallest absolute Gasteiger partial charge is 0.354 e. The van der Waals surface area contributed by atoms with Gasteiger partial charge in [0.2, 0.25) is 0 Å². The summed E-state index contributed by atoms with van der Waals surface area (Å²) in [5.41, 5.74) is 1.64. The Morgan fingerprint density at radius 3 is 2.65 bits per heavy atom. The largest absolute Gasteiger partial charge is 0.477 e. The number of nitrogens with one attached hydrogen (secondary N) is 1. The van der Waals surface area contributed by atoms with Gasteiger partial charge in [0, 0.05) is 12.6 Å². The Bertz CT molecular complexity index is 599. The lowest BCUT2D eigenvalue weighted by atomic mass is 10.1. The number of benzene rings is 1. The van der Waals surface area contributed by atoms with Gasteiger partial charge < -0.3 is 10.4 Å². The van der Waals surface area contributed by atoms with E-state index in [1.54, 1.807) is 24.3 Å². The van der Waals surface area contributed by atoms with Crippen molar-refractivity contribution >= 4 is 5.97 Å². The molecule has 20 heavy (non-hydrogen) atoms. The first-order valence-corrected chi connectivity index (χ1v) is 6.24. The summed E-state index contributed by atoms with van der Waals surface area (Å²) >= 11 is 0. The molecule has 0 amide bonds. The molecule has 0 saturated carbocycles. The fourth-order valence-electron chi connectivity index (χ4n) is 1.82. The van der Waals surface area contributed by atoms with Crippen molar-refractivity contribution in [1.82, 2.24) is 10.3 Å². The highest BCUT2D eigenvalue weighted by atomic mass is 19.1. The average molecular weight is 274 g/mol. The maximum atomic E-state index is 12.8. The Morgan fingerprint density at radius 1 is 1.30 bits per heavy atom. The van der Waals surface area contributed by atoms with Crippen LogP contribution in [0.4, 0.5) is 4.39 Å². The molecule has 1 heterocycles. The maximum absolute atomic E-state index is 12.8. The molecule has 5 heteroatoms. The number of nitrogens with zero attached hydrogens (tertiary/aromatic N) is 1. The van der Waals surface area contributed by atoms with Crippen molar-refractivity contribution in [2.75, 3.05) is 0 Å². The van der Waals surface area contributed by atoms with Crippen LogP contribution < -0.4 is 5.32 Å². The summed E-state index contributed by atoms with van der Waals surface area (Å²) in [6.45, 7) is 2.40. The zero-order chi connectivity index (χ0) is 14.5. The highest BCUT2D eigenvalue weighted by molar-refractivity contribution is 5.85. The highest BCUT2D eigenvalue weighted by Crippen LogP contribution is 2.13. The van der Waals surface area contributed by atoms with Crippen LogP contribution in [0.1, 0.15) is 34.7 Å². The lowest BCUT2D eigenvalue weighted by molar-refractivity contribution is 0.0690. The van der Waals surface area contributed by atoms with E-state index >= 15 is 0 Å². The lowest BCUT2D eigenvalue weighted by Gasteiger charge is -2.14. The number of carbonyl (C=O) groups is 1. The summed E-state index contributed by atoms with van der Waals surface area (Å²) in [5, 5.41) is 12.1. The fourth-order valence-corrected chi connectivity index (χ4v) is 1.82. The third-order valence-electron chi connectivity index (χ3n) is 2.99. The van der Waals surface area contributed by atoms with Gasteiger partial charge in [0.25, 0.3) is 0 Å². The molecule has 0 aliphatic heterocycles. The van der Waals surface area contributed by atoms with Gasteiger partial charge in [-0.2, -0.15) is 0 Å². The summed E-state index contributed by atoms with van der Waals surface area (Å²) < 4.78 is 12.8. The molecule has 2 N–H and O–H groups in total. The molecular weight excluding hydrogens is 259 g/mol. The number of rotatable bonds is 5. The number of aromatic carboxylic acids is 1. The van der Waals surface area contributed by atoms with Crippen LogP contribution in [-0.4, -0.2) is 16.1 Å².